The average Bonchev–Trinajstić information content (AvgIpc) is 3.60. The molecule has 0 bridgehead atoms. The van der Waals surface area contributed by atoms with Crippen molar-refractivity contribution in [2.24, 2.45) is 0 Å². The van der Waals surface area contributed by atoms with Gasteiger partial charge in [-0.3, -0.25) is 0 Å². The molecule has 0 aliphatic heterocycles. The minimum absolute atomic E-state index is 0. The van der Waals surface area contributed by atoms with E-state index in [-0.39, 0.29) is 26.2 Å². The smallest absolute Gasteiger partial charge is 0.142 e. The fourth-order valence-electron chi connectivity index (χ4n) is 5.47. The van der Waals surface area contributed by atoms with Crippen LogP contribution in [0.5, 0.6) is 0 Å². The first kappa shape index (κ1) is 29.6. The van der Waals surface area contributed by atoms with E-state index in [1.165, 1.54) is 65.3 Å². The van der Waals surface area contributed by atoms with Gasteiger partial charge in [0.25, 0.3) is 0 Å². The summed E-state index contributed by atoms with van der Waals surface area (Å²) in [6, 6.07) is 55.8. The van der Waals surface area contributed by atoms with Gasteiger partial charge in [-0.1, -0.05) is 155 Å². The maximum Gasteiger partial charge on any atom is 2.00 e. The molecule has 0 amide bonds. The van der Waals surface area contributed by atoms with Crippen LogP contribution < -0.4 is 10.4 Å². The Morgan fingerprint density at radius 3 is 1.24 bits per heavy atom. The van der Waals surface area contributed by atoms with E-state index in [4.69, 9.17) is 0 Å². The van der Waals surface area contributed by atoms with Gasteiger partial charge >= 0.3 is 26.2 Å². The Labute approximate surface area is 271 Å². The number of aryl methyl sites for hydroxylation is 2. The van der Waals surface area contributed by atoms with Gasteiger partial charge in [0.1, 0.15) is 9.52 Å². The minimum atomic E-state index is 0. The third-order valence-electron chi connectivity index (χ3n) is 7.59. The molecule has 4 aliphatic rings. The summed E-state index contributed by atoms with van der Waals surface area (Å²) in [5.74, 6) is 0. The van der Waals surface area contributed by atoms with Gasteiger partial charge in [-0.15, -0.1) is 81.9 Å². The Bertz CT molecular complexity index is 1790. The number of hydrogen-bond acceptors (Lipinski definition) is 0. The molecule has 200 valence electrons. The van der Waals surface area contributed by atoms with E-state index in [0.717, 1.165) is 9.52 Å². The second kappa shape index (κ2) is 13.9. The molecular weight excluding hydrogens is 600 g/mol. The number of fused-ring (bicyclic) bond motifs is 6. The van der Waals surface area contributed by atoms with Crippen LogP contribution in [0.2, 0.25) is 0 Å². The van der Waals surface area contributed by atoms with Gasteiger partial charge in [-0.25, -0.2) is 0 Å². The number of rotatable bonds is 2. The van der Waals surface area contributed by atoms with Crippen LogP contribution in [0.1, 0.15) is 11.1 Å². The standard InChI is InChI=1S/2C14H11.C12H10Si.Zr/c2*1-10-5-4-8-13-12-7-3-2-6-11(12)9-14(10)13;1-3-7-11(8-4-1)13-12-9-5-2-6-10-12;/h2*2-9H,1H3;1-10H;/q2*-1;;+2. The maximum atomic E-state index is 2.28. The Morgan fingerprint density at radius 1 is 0.429 bits per heavy atom. The summed E-state index contributed by atoms with van der Waals surface area (Å²) in [4.78, 5) is 0. The quantitative estimate of drug-likeness (QED) is 0.132. The second-order valence-corrected chi connectivity index (χ2v) is 11.8. The van der Waals surface area contributed by atoms with E-state index in [0.29, 0.717) is 0 Å². The van der Waals surface area contributed by atoms with E-state index < -0.39 is 0 Å². The molecule has 4 aromatic carbocycles. The van der Waals surface area contributed by atoms with Crippen LogP contribution in [0, 0.1) is 13.8 Å². The molecule has 0 heterocycles. The monoisotopic (exact) mass is 630 g/mol. The van der Waals surface area contributed by atoms with Gasteiger partial charge in [0, 0.05) is 0 Å². The molecular formula is C40H32SiZr. The average molecular weight is 632 g/mol. The normalized spacial score (nSPS) is 10.5. The molecule has 4 aliphatic carbocycles. The predicted octanol–water partition coefficient (Wildman–Crippen LogP) is 9.28. The fourth-order valence-corrected chi connectivity index (χ4v) is 6.52. The third-order valence-corrected chi connectivity index (χ3v) is 8.83. The largest absolute Gasteiger partial charge is 2.00 e. The Morgan fingerprint density at radius 2 is 0.810 bits per heavy atom. The summed E-state index contributed by atoms with van der Waals surface area (Å²) in [6.07, 6.45) is 0. The molecule has 4 aromatic rings. The Balaban J connectivity index is 0.000000125. The molecule has 0 fully saturated rings. The zero-order valence-electron chi connectivity index (χ0n) is 24.0. The zero-order valence-corrected chi connectivity index (χ0v) is 27.5. The molecule has 0 spiro atoms. The van der Waals surface area contributed by atoms with Crippen LogP contribution in [0.15, 0.2) is 158 Å². The molecule has 0 unspecified atom stereocenters. The third kappa shape index (κ3) is 6.62. The van der Waals surface area contributed by atoms with Crippen LogP contribution in [0.25, 0.3) is 43.8 Å². The van der Waals surface area contributed by atoms with Crippen molar-refractivity contribution in [3.8, 4) is 22.3 Å². The van der Waals surface area contributed by atoms with Crippen LogP contribution in [0.4, 0.5) is 0 Å². The van der Waals surface area contributed by atoms with Crippen molar-refractivity contribution in [1.82, 2.24) is 0 Å². The van der Waals surface area contributed by atoms with Gasteiger partial charge < -0.3 is 0 Å². The summed E-state index contributed by atoms with van der Waals surface area (Å²) in [5.41, 5.74) is 8.24. The van der Waals surface area contributed by atoms with Gasteiger partial charge in [-0.2, -0.15) is 0 Å². The van der Waals surface area contributed by atoms with Crippen molar-refractivity contribution in [2.45, 2.75) is 13.8 Å². The molecule has 42 heavy (non-hydrogen) atoms. The fraction of sp³-hybridized carbons (Fsp3) is 0.0500. The zero-order chi connectivity index (χ0) is 28.0. The van der Waals surface area contributed by atoms with Crippen LogP contribution in [0.3, 0.4) is 0 Å². The van der Waals surface area contributed by atoms with Gasteiger partial charge in [0.05, 0.1) is 0 Å². The molecule has 0 aromatic heterocycles. The first-order valence-electron chi connectivity index (χ1n) is 14.1. The number of hydrogen-bond donors (Lipinski definition) is 0. The van der Waals surface area contributed by atoms with E-state index in [1.807, 2.05) is 0 Å². The van der Waals surface area contributed by atoms with Crippen molar-refractivity contribution in [2.75, 3.05) is 0 Å². The molecule has 0 saturated carbocycles. The molecule has 0 N–H and O–H groups in total. The summed E-state index contributed by atoms with van der Waals surface area (Å²) in [5, 5.41) is 8.22. The molecule has 8 rings (SSSR count). The minimum Gasteiger partial charge on any atom is -0.142 e. The Kier molecular flexibility index (Phi) is 9.80. The van der Waals surface area contributed by atoms with Crippen molar-refractivity contribution in [3.05, 3.63) is 169 Å². The van der Waals surface area contributed by atoms with Gasteiger partial charge in [0.2, 0.25) is 0 Å². The van der Waals surface area contributed by atoms with E-state index in [2.05, 4.69) is 172 Å². The SMILES string of the molecule is C[c-]1cccc2c3ccccc3cc1-2.C[c-]1cccc2c3ccccc3cc1-2.[Zr+2].c1ccc([Si]c2ccccc2)cc1. The Hall–Kier alpha value is -3.84. The summed E-state index contributed by atoms with van der Waals surface area (Å²) < 4.78 is 0. The second-order valence-electron chi connectivity index (χ2n) is 10.4. The van der Waals surface area contributed by atoms with E-state index in [1.54, 1.807) is 0 Å². The van der Waals surface area contributed by atoms with Crippen molar-refractivity contribution in [1.29, 1.82) is 0 Å². The summed E-state index contributed by atoms with van der Waals surface area (Å²) in [7, 11) is 0.777. The van der Waals surface area contributed by atoms with E-state index >= 15 is 0 Å². The summed E-state index contributed by atoms with van der Waals surface area (Å²) >= 11 is 0. The van der Waals surface area contributed by atoms with E-state index in [9.17, 15) is 0 Å². The van der Waals surface area contributed by atoms with Gasteiger partial charge in [-0.05, 0) is 0 Å². The molecule has 2 radical (unpaired) electrons. The van der Waals surface area contributed by atoms with Crippen molar-refractivity contribution in [3.63, 3.8) is 0 Å². The van der Waals surface area contributed by atoms with Crippen molar-refractivity contribution < 1.29 is 26.2 Å². The predicted molar refractivity (Wildman–Crippen MR) is 180 cm³/mol. The number of benzene rings is 6. The van der Waals surface area contributed by atoms with Crippen LogP contribution in [-0.4, -0.2) is 9.52 Å². The molecule has 0 atom stereocenters. The first-order valence-corrected chi connectivity index (χ1v) is 15.1. The van der Waals surface area contributed by atoms with Gasteiger partial charge in [0.15, 0.2) is 0 Å². The summed E-state index contributed by atoms with van der Waals surface area (Å²) in [6.45, 7) is 4.34. The maximum absolute atomic E-state index is 2.28. The topological polar surface area (TPSA) is 0 Å². The van der Waals surface area contributed by atoms with Crippen molar-refractivity contribution >= 4 is 41.4 Å². The first-order chi connectivity index (χ1) is 20.2. The molecule has 0 saturated heterocycles. The van der Waals surface area contributed by atoms with Crippen LogP contribution in [-0.2, 0) is 26.2 Å². The van der Waals surface area contributed by atoms with Crippen LogP contribution >= 0.6 is 0 Å². The molecule has 0 nitrogen and oxygen atoms in total. The molecule has 2 heteroatoms.